The van der Waals surface area contributed by atoms with Crippen molar-refractivity contribution in [3.63, 3.8) is 0 Å². The van der Waals surface area contributed by atoms with Gasteiger partial charge in [-0.05, 0) is 48.0 Å². The van der Waals surface area contributed by atoms with Crippen molar-refractivity contribution in [3.8, 4) is 0 Å². The third-order valence-corrected chi connectivity index (χ3v) is 3.76. The number of hydrogen-bond acceptors (Lipinski definition) is 1. The average molecular weight is 277 g/mol. The Morgan fingerprint density at radius 3 is 2.55 bits per heavy atom. The van der Waals surface area contributed by atoms with Gasteiger partial charge >= 0.3 is 0 Å². The van der Waals surface area contributed by atoms with E-state index in [4.69, 9.17) is 0 Å². The molecule has 0 radical (unpaired) electrons. The van der Waals surface area contributed by atoms with Gasteiger partial charge in [0.2, 0.25) is 0 Å². The average Bonchev–Trinajstić information content (AvgIpc) is 2.40. The van der Waals surface area contributed by atoms with E-state index in [2.05, 4.69) is 0 Å². The lowest BCUT2D eigenvalue weighted by atomic mass is 9.85. The van der Waals surface area contributed by atoms with Gasteiger partial charge in [0, 0.05) is 19.0 Å². The molecule has 0 spiro atoms. The SMILES string of the molecule is CN1Cc2cc(F)ccc2C(c2ccc(F)c(F)c2)C1. The third kappa shape index (κ3) is 2.31. The first kappa shape index (κ1) is 13.2. The molecule has 0 N–H and O–H groups in total. The summed E-state index contributed by atoms with van der Waals surface area (Å²) in [5.41, 5.74) is 2.59. The molecule has 2 aromatic rings. The lowest BCUT2D eigenvalue weighted by molar-refractivity contribution is 0.294. The number of likely N-dealkylation sites (N-methyl/N-ethyl adjacent to an activating group) is 1. The summed E-state index contributed by atoms with van der Waals surface area (Å²) in [6.45, 7) is 1.36. The van der Waals surface area contributed by atoms with Crippen LogP contribution in [0.1, 0.15) is 22.6 Å². The summed E-state index contributed by atoms with van der Waals surface area (Å²) in [5, 5.41) is 0. The van der Waals surface area contributed by atoms with Crippen LogP contribution in [0.2, 0.25) is 0 Å². The predicted molar refractivity (Wildman–Crippen MR) is 70.9 cm³/mol. The van der Waals surface area contributed by atoms with Gasteiger partial charge in [-0.15, -0.1) is 0 Å². The summed E-state index contributed by atoms with van der Waals surface area (Å²) in [7, 11) is 1.93. The van der Waals surface area contributed by atoms with Gasteiger partial charge in [0.1, 0.15) is 5.82 Å². The summed E-state index contributed by atoms with van der Waals surface area (Å²) in [5.74, 6) is -2.04. The largest absolute Gasteiger partial charge is 0.301 e. The van der Waals surface area contributed by atoms with Gasteiger partial charge in [-0.1, -0.05) is 12.1 Å². The van der Waals surface area contributed by atoms with Crippen molar-refractivity contribution in [2.24, 2.45) is 0 Å². The van der Waals surface area contributed by atoms with Crippen LogP contribution in [-0.2, 0) is 6.54 Å². The van der Waals surface area contributed by atoms with Crippen molar-refractivity contribution in [3.05, 3.63) is 70.5 Å². The fourth-order valence-corrected chi connectivity index (χ4v) is 2.83. The highest BCUT2D eigenvalue weighted by atomic mass is 19.2. The van der Waals surface area contributed by atoms with Crippen LogP contribution in [0.25, 0.3) is 0 Å². The van der Waals surface area contributed by atoms with Gasteiger partial charge < -0.3 is 4.90 Å². The topological polar surface area (TPSA) is 3.24 Å². The molecule has 1 unspecified atom stereocenters. The van der Waals surface area contributed by atoms with E-state index in [9.17, 15) is 13.2 Å². The van der Waals surface area contributed by atoms with E-state index in [1.807, 2.05) is 11.9 Å². The minimum absolute atomic E-state index is 0.0700. The van der Waals surface area contributed by atoms with Crippen LogP contribution < -0.4 is 0 Å². The molecule has 1 aliphatic rings. The molecule has 104 valence electrons. The second-order valence-electron chi connectivity index (χ2n) is 5.27. The van der Waals surface area contributed by atoms with Crippen LogP contribution in [0.4, 0.5) is 13.2 Å². The molecular weight excluding hydrogens is 263 g/mol. The molecule has 0 aliphatic carbocycles. The molecule has 4 heteroatoms. The molecule has 1 nitrogen and oxygen atoms in total. The van der Waals surface area contributed by atoms with E-state index in [-0.39, 0.29) is 11.7 Å². The Labute approximate surface area is 115 Å². The number of halogens is 3. The van der Waals surface area contributed by atoms with Gasteiger partial charge in [-0.25, -0.2) is 13.2 Å². The Morgan fingerprint density at radius 1 is 1.00 bits per heavy atom. The van der Waals surface area contributed by atoms with Gasteiger partial charge in [-0.3, -0.25) is 0 Å². The zero-order chi connectivity index (χ0) is 14.3. The maximum atomic E-state index is 13.4. The first-order chi connectivity index (χ1) is 9.54. The Hall–Kier alpha value is -1.81. The number of nitrogens with zero attached hydrogens (tertiary/aromatic N) is 1. The summed E-state index contributed by atoms with van der Waals surface area (Å²) < 4.78 is 39.8. The molecule has 1 aliphatic heterocycles. The van der Waals surface area contributed by atoms with E-state index < -0.39 is 11.6 Å². The van der Waals surface area contributed by atoms with E-state index in [0.29, 0.717) is 18.7 Å². The minimum Gasteiger partial charge on any atom is -0.301 e. The lowest BCUT2D eigenvalue weighted by Gasteiger charge is -2.32. The molecule has 3 rings (SSSR count). The van der Waals surface area contributed by atoms with Gasteiger partial charge in [-0.2, -0.15) is 0 Å². The van der Waals surface area contributed by atoms with E-state index in [1.54, 1.807) is 12.1 Å². The fourth-order valence-electron chi connectivity index (χ4n) is 2.83. The van der Waals surface area contributed by atoms with Gasteiger partial charge in [0.25, 0.3) is 0 Å². The van der Waals surface area contributed by atoms with Crippen LogP contribution in [0, 0.1) is 17.5 Å². The highest BCUT2D eigenvalue weighted by Gasteiger charge is 2.25. The second kappa shape index (κ2) is 4.94. The molecule has 2 aromatic carbocycles. The van der Waals surface area contributed by atoms with Crippen LogP contribution in [0.3, 0.4) is 0 Å². The Bertz CT molecular complexity index is 654. The Morgan fingerprint density at radius 2 is 1.80 bits per heavy atom. The van der Waals surface area contributed by atoms with E-state index in [0.717, 1.165) is 17.2 Å². The zero-order valence-corrected chi connectivity index (χ0v) is 11.0. The number of fused-ring (bicyclic) bond motifs is 1. The lowest BCUT2D eigenvalue weighted by Crippen LogP contribution is -2.31. The summed E-state index contributed by atoms with van der Waals surface area (Å²) in [6.07, 6.45) is 0. The van der Waals surface area contributed by atoms with Crippen molar-refractivity contribution >= 4 is 0 Å². The second-order valence-corrected chi connectivity index (χ2v) is 5.27. The van der Waals surface area contributed by atoms with Crippen molar-refractivity contribution in [2.75, 3.05) is 13.6 Å². The minimum atomic E-state index is -0.850. The molecule has 1 atom stereocenters. The molecular formula is C16H14F3N. The molecule has 0 saturated carbocycles. The van der Waals surface area contributed by atoms with Gasteiger partial charge in [0.15, 0.2) is 11.6 Å². The first-order valence-electron chi connectivity index (χ1n) is 6.46. The zero-order valence-electron chi connectivity index (χ0n) is 11.0. The molecule has 1 heterocycles. The predicted octanol–water partition coefficient (Wildman–Crippen LogP) is 3.68. The smallest absolute Gasteiger partial charge is 0.159 e. The number of rotatable bonds is 1. The molecule has 0 aromatic heterocycles. The quantitative estimate of drug-likeness (QED) is 0.768. The Balaban J connectivity index is 2.08. The maximum Gasteiger partial charge on any atom is 0.159 e. The summed E-state index contributed by atoms with van der Waals surface area (Å²) in [4.78, 5) is 2.05. The van der Waals surface area contributed by atoms with Crippen LogP contribution >= 0.6 is 0 Å². The monoisotopic (exact) mass is 277 g/mol. The molecule has 0 saturated heterocycles. The van der Waals surface area contributed by atoms with Gasteiger partial charge in [0.05, 0.1) is 0 Å². The van der Waals surface area contributed by atoms with Crippen molar-refractivity contribution in [1.82, 2.24) is 4.90 Å². The van der Waals surface area contributed by atoms with Crippen LogP contribution in [0.15, 0.2) is 36.4 Å². The first-order valence-corrected chi connectivity index (χ1v) is 6.46. The highest BCUT2D eigenvalue weighted by Crippen LogP contribution is 2.33. The standard InChI is InChI=1S/C16H14F3N/c1-20-8-11-6-12(17)3-4-13(11)14(9-20)10-2-5-15(18)16(19)7-10/h2-7,14H,8-9H2,1H3. The molecule has 0 amide bonds. The van der Waals surface area contributed by atoms with Crippen LogP contribution in [0.5, 0.6) is 0 Å². The third-order valence-electron chi connectivity index (χ3n) is 3.76. The molecule has 20 heavy (non-hydrogen) atoms. The van der Waals surface area contributed by atoms with E-state index >= 15 is 0 Å². The van der Waals surface area contributed by atoms with Crippen molar-refractivity contribution in [1.29, 1.82) is 0 Å². The number of benzene rings is 2. The van der Waals surface area contributed by atoms with Crippen molar-refractivity contribution < 1.29 is 13.2 Å². The molecule has 0 bridgehead atoms. The van der Waals surface area contributed by atoms with Crippen molar-refractivity contribution in [2.45, 2.75) is 12.5 Å². The van der Waals surface area contributed by atoms with E-state index in [1.165, 1.54) is 18.2 Å². The Kier molecular flexibility index (Phi) is 3.26. The summed E-state index contributed by atoms with van der Waals surface area (Å²) >= 11 is 0. The highest BCUT2D eigenvalue weighted by molar-refractivity contribution is 5.40. The fraction of sp³-hybridized carbons (Fsp3) is 0.250. The number of hydrogen-bond donors (Lipinski definition) is 0. The molecule has 0 fully saturated rings. The summed E-state index contributed by atoms with van der Waals surface area (Å²) in [6, 6.07) is 8.63. The van der Waals surface area contributed by atoms with Crippen LogP contribution in [-0.4, -0.2) is 18.5 Å². The maximum absolute atomic E-state index is 13.4. The normalized spacial score (nSPS) is 18.9.